The minimum absolute atomic E-state index is 0.135. The molecule has 0 amide bonds. The van der Waals surface area contributed by atoms with Crippen molar-refractivity contribution in [1.29, 1.82) is 0 Å². The normalized spacial score (nSPS) is 18.2. The topological polar surface area (TPSA) is 94.1 Å². The number of aromatic nitrogens is 2. The van der Waals surface area contributed by atoms with Gasteiger partial charge in [0.1, 0.15) is 24.3 Å². The number of para-hydroxylation sites is 2. The Hall–Kier alpha value is -6.32. The number of pyridine rings is 2. The van der Waals surface area contributed by atoms with Crippen LogP contribution < -0.4 is 28.4 Å². The molecule has 6 heterocycles. The first kappa shape index (κ1) is 47.4. The molecular formula is C56H62F2N6O6. The number of halogens is 2. The molecule has 4 aliphatic rings. The van der Waals surface area contributed by atoms with Gasteiger partial charge in [-0.05, 0) is 162 Å². The van der Waals surface area contributed by atoms with Crippen LogP contribution in [0.25, 0.3) is 0 Å². The van der Waals surface area contributed by atoms with Gasteiger partial charge in [-0.15, -0.1) is 0 Å². The van der Waals surface area contributed by atoms with E-state index in [1.165, 1.54) is 12.1 Å². The molecule has 0 bridgehead atoms. The molecule has 2 saturated heterocycles. The van der Waals surface area contributed by atoms with Gasteiger partial charge in [0.2, 0.25) is 13.6 Å². The molecule has 0 aliphatic carbocycles. The number of fused-ring (bicyclic) bond motifs is 2. The number of likely N-dealkylation sites (N-methyl/N-ethyl adjacent to an activating group) is 2. The van der Waals surface area contributed by atoms with Gasteiger partial charge >= 0.3 is 0 Å². The van der Waals surface area contributed by atoms with Gasteiger partial charge in [0.25, 0.3) is 0 Å². The molecule has 14 heteroatoms. The molecule has 4 aliphatic heterocycles. The molecule has 12 nitrogen and oxygen atoms in total. The smallest absolute Gasteiger partial charge is 0.231 e. The van der Waals surface area contributed by atoms with Gasteiger partial charge < -0.3 is 28.4 Å². The molecule has 0 saturated carbocycles. The fourth-order valence-corrected chi connectivity index (χ4v) is 11.4. The van der Waals surface area contributed by atoms with E-state index in [2.05, 4.69) is 82.2 Å². The maximum Gasteiger partial charge on any atom is 0.231 e. The highest BCUT2D eigenvalue weighted by Crippen LogP contribution is 2.58. The fraction of sp³-hybridized carbons (Fsp3) is 0.393. The first-order valence-corrected chi connectivity index (χ1v) is 24.6. The van der Waals surface area contributed by atoms with E-state index in [9.17, 15) is 8.78 Å². The van der Waals surface area contributed by atoms with Crippen LogP contribution in [-0.4, -0.2) is 123 Å². The van der Waals surface area contributed by atoms with Crippen molar-refractivity contribution in [2.24, 2.45) is 11.8 Å². The lowest BCUT2D eigenvalue weighted by atomic mass is 9.61. The summed E-state index contributed by atoms with van der Waals surface area (Å²) >= 11 is 0. The van der Waals surface area contributed by atoms with Crippen LogP contribution in [0.3, 0.4) is 0 Å². The number of rotatable bonds is 19. The summed E-state index contributed by atoms with van der Waals surface area (Å²) < 4.78 is 64.9. The third-order valence-corrected chi connectivity index (χ3v) is 14.8. The van der Waals surface area contributed by atoms with Crippen LogP contribution in [-0.2, 0) is 11.1 Å². The maximum atomic E-state index is 14.4. The number of likely N-dealkylation sites (tertiary alicyclic amines) is 2. The van der Waals surface area contributed by atoms with Crippen molar-refractivity contribution in [3.05, 3.63) is 168 Å². The zero-order chi connectivity index (χ0) is 47.9. The van der Waals surface area contributed by atoms with E-state index in [-0.39, 0.29) is 36.7 Å². The highest BCUT2D eigenvalue weighted by molar-refractivity contribution is 5.58. The molecule has 4 aromatic carbocycles. The Morgan fingerprint density at radius 3 is 1.33 bits per heavy atom. The highest BCUT2D eigenvalue weighted by atomic mass is 19.1. The van der Waals surface area contributed by atoms with Crippen LogP contribution in [0.1, 0.15) is 48.2 Å². The SMILES string of the molecule is CN(CC1CCN(CCOc2ccccc2F)CC1)C(c1ccc2c(c1)OCO2)(c1ccccn1)[C@](c1ccc2c(c1)OCO2)(c1ccccn1)N(C)CC1CCN(CCOc2ccccc2F)CC1. The summed E-state index contributed by atoms with van der Waals surface area (Å²) in [5.41, 5.74) is 1.47. The monoisotopic (exact) mass is 952 g/mol. The van der Waals surface area contributed by atoms with Crippen LogP contribution in [0.2, 0.25) is 0 Å². The van der Waals surface area contributed by atoms with Gasteiger partial charge in [0.05, 0.1) is 11.4 Å². The van der Waals surface area contributed by atoms with Crippen LogP contribution in [0, 0.1) is 23.5 Å². The molecule has 2 aromatic heterocycles. The lowest BCUT2D eigenvalue weighted by molar-refractivity contribution is -0.0388. The highest BCUT2D eigenvalue weighted by Gasteiger charge is 2.63. The van der Waals surface area contributed by atoms with Gasteiger partial charge in [-0.2, -0.15) is 0 Å². The summed E-state index contributed by atoms with van der Waals surface area (Å²) in [7, 11) is 4.49. The minimum atomic E-state index is -1.08. The molecule has 6 aromatic rings. The van der Waals surface area contributed by atoms with Crippen molar-refractivity contribution in [3.63, 3.8) is 0 Å². The number of nitrogens with zero attached hydrogens (tertiary/aromatic N) is 6. The van der Waals surface area contributed by atoms with Gasteiger partial charge in [-0.25, -0.2) is 8.78 Å². The van der Waals surface area contributed by atoms with Crippen molar-refractivity contribution in [2.45, 2.75) is 36.8 Å². The van der Waals surface area contributed by atoms with Crippen LogP contribution >= 0.6 is 0 Å². The zero-order valence-electron chi connectivity index (χ0n) is 40.1. The Morgan fingerprint density at radius 1 is 0.529 bits per heavy atom. The molecular weight excluding hydrogens is 891 g/mol. The Labute approximate surface area is 409 Å². The fourth-order valence-electron chi connectivity index (χ4n) is 11.4. The van der Waals surface area contributed by atoms with Crippen molar-refractivity contribution >= 4 is 0 Å². The van der Waals surface area contributed by atoms with Crippen LogP contribution in [0.15, 0.2) is 134 Å². The van der Waals surface area contributed by atoms with E-state index >= 15 is 0 Å². The largest absolute Gasteiger partial charge is 0.489 e. The van der Waals surface area contributed by atoms with E-state index in [1.54, 1.807) is 36.4 Å². The summed E-state index contributed by atoms with van der Waals surface area (Å²) in [5.74, 6) is 3.25. The molecule has 10 rings (SSSR count). The number of piperidine rings is 2. The third-order valence-electron chi connectivity index (χ3n) is 14.8. The number of benzene rings is 4. The first-order valence-electron chi connectivity index (χ1n) is 24.6. The molecule has 70 heavy (non-hydrogen) atoms. The summed E-state index contributed by atoms with van der Waals surface area (Å²) in [6, 6.07) is 38.3. The molecule has 0 N–H and O–H groups in total. The summed E-state index contributed by atoms with van der Waals surface area (Å²) in [6.07, 6.45) is 7.63. The summed E-state index contributed by atoms with van der Waals surface area (Å²) in [4.78, 5) is 20.7. The quantitative estimate of drug-likeness (QED) is 0.0777. The van der Waals surface area contributed by atoms with E-state index in [0.717, 1.165) is 87.5 Å². The molecule has 0 spiro atoms. The van der Waals surface area contributed by atoms with E-state index in [0.29, 0.717) is 61.1 Å². The Morgan fingerprint density at radius 2 is 0.929 bits per heavy atom. The number of hydrogen-bond acceptors (Lipinski definition) is 12. The second-order valence-corrected chi connectivity index (χ2v) is 18.9. The Bertz CT molecular complexity index is 2490. The van der Waals surface area contributed by atoms with Crippen molar-refractivity contribution in [1.82, 2.24) is 29.6 Å². The zero-order valence-corrected chi connectivity index (χ0v) is 40.1. The van der Waals surface area contributed by atoms with Crippen LogP contribution in [0.4, 0.5) is 8.78 Å². The third kappa shape index (κ3) is 9.49. The number of ether oxygens (including phenoxy) is 6. The van der Waals surface area contributed by atoms with Crippen molar-refractivity contribution < 1.29 is 37.2 Å². The van der Waals surface area contributed by atoms with Gasteiger partial charge in [0, 0.05) is 38.6 Å². The first-order chi connectivity index (χ1) is 34.3. The molecule has 2 atom stereocenters. The minimum Gasteiger partial charge on any atom is -0.489 e. The standard InChI is InChI=1S/C56H62F2N6O6/c1-61(37-41-21-27-63(28-22-41)31-33-65-47-13-5-3-11-45(47)57)55(53-15-7-9-25-59-53,43-17-19-49-51(35-43)69-39-67-49)56(54-16-8-10-26-60-54,44-18-20-50-52(36-44)70-40-68-50)62(2)38-42-23-29-64(30-24-42)32-34-66-48-14-6-4-12-46(48)58/h3-20,25-26,35-36,41-42H,21-24,27-34,37-40H2,1-2H3/t55-,56?/m0/s1. The number of hydrogen-bond donors (Lipinski definition) is 0. The molecule has 366 valence electrons. The lowest BCUT2D eigenvalue weighted by Gasteiger charge is -2.59. The average molecular weight is 953 g/mol. The Kier molecular flexibility index (Phi) is 14.4. The summed E-state index contributed by atoms with van der Waals surface area (Å²) in [5, 5.41) is 0. The van der Waals surface area contributed by atoms with E-state index < -0.39 is 11.1 Å². The lowest BCUT2D eigenvalue weighted by Crippen LogP contribution is -2.68. The predicted molar refractivity (Wildman–Crippen MR) is 263 cm³/mol. The summed E-state index contributed by atoms with van der Waals surface area (Å²) in [6.45, 7) is 7.53. The maximum absolute atomic E-state index is 14.4. The van der Waals surface area contributed by atoms with E-state index in [4.69, 9.17) is 38.4 Å². The average Bonchev–Trinajstić information content (AvgIpc) is 4.08. The second-order valence-electron chi connectivity index (χ2n) is 18.9. The van der Waals surface area contributed by atoms with Gasteiger partial charge in [-0.3, -0.25) is 29.6 Å². The van der Waals surface area contributed by atoms with E-state index in [1.807, 2.05) is 36.7 Å². The molecule has 0 radical (unpaired) electrons. The van der Waals surface area contributed by atoms with Gasteiger partial charge in [0.15, 0.2) is 46.1 Å². The molecule has 2 fully saturated rings. The van der Waals surface area contributed by atoms with Gasteiger partial charge in [-0.1, -0.05) is 48.5 Å². The Balaban J connectivity index is 1.03. The van der Waals surface area contributed by atoms with Crippen molar-refractivity contribution in [3.8, 4) is 34.5 Å². The van der Waals surface area contributed by atoms with Crippen LogP contribution in [0.5, 0.6) is 34.5 Å². The predicted octanol–water partition coefficient (Wildman–Crippen LogP) is 8.85. The van der Waals surface area contributed by atoms with Crippen molar-refractivity contribution in [2.75, 3.05) is 93.3 Å². The second kappa shape index (κ2) is 21.4. The molecule has 1 unspecified atom stereocenters.